The highest BCUT2D eigenvalue weighted by atomic mass is 35.5. The Hall–Kier alpha value is -2.88. The van der Waals surface area contributed by atoms with Crippen LogP contribution in [-0.4, -0.2) is 43.3 Å². The standard InChI is InChI=1S/C22H25ClFN3O5/c1-31-18-7-4-13(8-15(18)24)9-26-22(30)19-14(23)5-6-17(27-21(29)16(25)10-28)20(19)32-11-12-2-3-12/h4-8,12,16,28H,2-3,9-11,25H2,1H3,(H,26,30)(H,27,29)/t16-/m0/s1. The molecule has 0 spiro atoms. The second-order valence-corrected chi connectivity index (χ2v) is 7.89. The number of rotatable bonds is 10. The number of hydrogen-bond acceptors (Lipinski definition) is 6. The van der Waals surface area contributed by atoms with E-state index >= 15 is 0 Å². The average Bonchev–Trinajstić information content (AvgIpc) is 3.61. The van der Waals surface area contributed by atoms with Gasteiger partial charge in [-0.3, -0.25) is 9.59 Å². The number of anilines is 1. The van der Waals surface area contributed by atoms with Crippen LogP contribution in [0.3, 0.4) is 0 Å². The Balaban J connectivity index is 1.83. The Morgan fingerprint density at radius 1 is 1.31 bits per heavy atom. The molecular weight excluding hydrogens is 441 g/mol. The minimum atomic E-state index is -1.13. The lowest BCUT2D eigenvalue weighted by Crippen LogP contribution is -2.38. The second kappa shape index (κ2) is 10.6. The molecule has 0 saturated heterocycles. The Kier molecular flexibility index (Phi) is 7.89. The number of nitrogens with one attached hydrogen (secondary N) is 2. The number of amides is 2. The first-order valence-electron chi connectivity index (χ1n) is 10.1. The van der Waals surface area contributed by atoms with Crippen LogP contribution in [0.2, 0.25) is 5.02 Å². The van der Waals surface area contributed by atoms with Gasteiger partial charge in [-0.1, -0.05) is 17.7 Å². The lowest BCUT2D eigenvalue weighted by molar-refractivity contribution is -0.118. The third-order valence-corrected chi connectivity index (χ3v) is 5.27. The van der Waals surface area contributed by atoms with Crippen molar-refractivity contribution < 1.29 is 28.6 Å². The molecule has 0 aliphatic heterocycles. The molecule has 2 aromatic carbocycles. The van der Waals surface area contributed by atoms with Crippen LogP contribution in [0.15, 0.2) is 30.3 Å². The van der Waals surface area contributed by atoms with Crippen LogP contribution in [0.25, 0.3) is 0 Å². The third kappa shape index (κ3) is 5.87. The molecule has 1 fully saturated rings. The largest absolute Gasteiger partial charge is 0.494 e. The summed E-state index contributed by atoms with van der Waals surface area (Å²) in [5, 5.41) is 14.5. The maximum Gasteiger partial charge on any atom is 0.256 e. The molecule has 8 nitrogen and oxygen atoms in total. The van der Waals surface area contributed by atoms with Crippen LogP contribution >= 0.6 is 11.6 Å². The first kappa shape index (κ1) is 23.8. The van der Waals surface area contributed by atoms with Gasteiger partial charge in [-0.2, -0.15) is 0 Å². The van der Waals surface area contributed by atoms with Gasteiger partial charge in [-0.05, 0) is 48.6 Å². The molecule has 0 radical (unpaired) electrons. The third-order valence-electron chi connectivity index (χ3n) is 4.95. The van der Waals surface area contributed by atoms with Crippen LogP contribution in [0.5, 0.6) is 11.5 Å². The number of halogens is 2. The summed E-state index contributed by atoms with van der Waals surface area (Å²) in [6, 6.07) is 6.17. The first-order valence-corrected chi connectivity index (χ1v) is 10.4. The minimum Gasteiger partial charge on any atom is -0.494 e. The number of methoxy groups -OCH3 is 1. The molecule has 0 heterocycles. The molecule has 0 bridgehead atoms. The summed E-state index contributed by atoms with van der Waals surface area (Å²) in [6.07, 6.45) is 2.03. The topological polar surface area (TPSA) is 123 Å². The predicted octanol–water partition coefficient (Wildman–Crippen LogP) is 2.46. The zero-order valence-corrected chi connectivity index (χ0v) is 18.2. The molecule has 1 saturated carbocycles. The number of benzene rings is 2. The van der Waals surface area contributed by atoms with Gasteiger partial charge in [0.1, 0.15) is 11.6 Å². The van der Waals surface area contributed by atoms with E-state index in [4.69, 9.17) is 31.9 Å². The van der Waals surface area contributed by atoms with Crippen molar-refractivity contribution >= 4 is 29.1 Å². The van der Waals surface area contributed by atoms with Crippen molar-refractivity contribution in [2.24, 2.45) is 11.7 Å². The molecule has 2 amide bonds. The minimum absolute atomic E-state index is 0.0319. The number of aliphatic hydroxyl groups excluding tert-OH is 1. The highest BCUT2D eigenvalue weighted by Gasteiger charge is 2.27. The van der Waals surface area contributed by atoms with Crippen molar-refractivity contribution in [3.05, 3.63) is 52.3 Å². The fourth-order valence-corrected chi connectivity index (χ4v) is 3.14. The summed E-state index contributed by atoms with van der Waals surface area (Å²) in [7, 11) is 1.37. The first-order chi connectivity index (χ1) is 15.3. The molecule has 5 N–H and O–H groups in total. The molecule has 172 valence electrons. The van der Waals surface area contributed by atoms with E-state index in [1.54, 1.807) is 6.07 Å². The van der Waals surface area contributed by atoms with E-state index in [1.807, 2.05) is 0 Å². The maximum atomic E-state index is 13.9. The van der Waals surface area contributed by atoms with Gasteiger partial charge in [-0.25, -0.2) is 4.39 Å². The molecule has 0 unspecified atom stereocenters. The zero-order valence-electron chi connectivity index (χ0n) is 17.5. The summed E-state index contributed by atoms with van der Waals surface area (Å²) >= 11 is 6.31. The van der Waals surface area contributed by atoms with Crippen LogP contribution in [0.4, 0.5) is 10.1 Å². The van der Waals surface area contributed by atoms with Gasteiger partial charge in [0.2, 0.25) is 5.91 Å². The normalized spacial score (nSPS) is 13.9. The van der Waals surface area contributed by atoms with Gasteiger partial charge in [-0.15, -0.1) is 0 Å². The van der Waals surface area contributed by atoms with Crippen molar-refractivity contribution in [3.63, 3.8) is 0 Å². The average molecular weight is 466 g/mol. The summed E-state index contributed by atoms with van der Waals surface area (Å²) in [4.78, 5) is 25.2. The van der Waals surface area contributed by atoms with Crippen LogP contribution < -0.4 is 25.8 Å². The van der Waals surface area contributed by atoms with E-state index < -0.39 is 30.3 Å². The fourth-order valence-electron chi connectivity index (χ4n) is 2.90. The SMILES string of the molecule is COc1ccc(CNC(=O)c2c(Cl)ccc(NC(=O)[C@@H](N)CO)c2OCC2CC2)cc1F. The van der Waals surface area contributed by atoms with Crippen molar-refractivity contribution in [2.75, 3.05) is 25.6 Å². The molecule has 0 aromatic heterocycles. The van der Waals surface area contributed by atoms with Gasteiger partial charge >= 0.3 is 0 Å². The van der Waals surface area contributed by atoms with Crippen molar-refractivity contribution in [1.29, 1.82) is 0 Å². The van der Waals surface area contributed by atoms with Gasteiger partial charge < -0.3 is 30.9 Å². The molecule has 32 heavy (non-hydrogen) atoms. The van der Waals surface area contributed by atoms with Gasteiger partial charge in [0, 0.05) is 6.54 Å². The summed E-state index contributed by atoms with van der Waals surface area (Å²) in [5.74, 6) is -1.15. The Morgan fingerprint density at radius 2 is 2.06 bits per heavy atom. The number of aliphatic hydroxyl groups is 1. The number of ether oxygens (including phenoxy) is 2. The van der Waals surface area contributed by atoms with E-state index in [0.29, 0.717) is 18.1 Å². The Bertz CT molecular complexity index is 1000. The summed E-state index contributed by atoms with van der Waals surface area (Å²) in [5.41, 5.74) is 6.34. The summed E-state index contributed by atoms with van der Waals surface area (Å²) < 4.78 is 24.7. The monoisotopic (exact) mass is 465 g/mol. The van der Waals surface area contributed by atoms with Crippen molar-refractivity contribution in [2.45, 2.75) is 25.4 Å². The van der Waals surface area contributed by atoms with Crippen molar-refractivity contribution in [3.8, 4) is 11.5 Å². The molecule has 1 aliphatic rings. The highest BCUT2D eigenvalue weighted by Crippen LogP contribution is 2.37. The van der Waals surface area contributed by atoms with Gasteiger partial charge in [0.25, 0.3) is 5.91 Å². The Morgan fingerprint density at radius 3 is 2.69 bits per heavy atom. The van der Waals surface area contributed by atoms with Crippen LogP contribution in [0, 0.1) is 11.7 Å². The van der Waals surface area contributed by atoms with E-state index in [9.17, 15) is 14.0 Å². The zero-order chi connectivity index (χ0) is 23.3. The lowest BCUT2D eigenvalue weighted by Gasteiger charge is -2.18. The molecule has 1 aliphatic carbocycles. The van der Waals surface area contributed by atoms with Crippen LogP contribution in [-0.2, 0) is 11.3 Å². The number of carbonyl (C=O) groups excluding carboxylic acids is 2. The van der Waals surface area contributed by atoms with Gasteiger partial charge in [0.15, 0.2) is 17.3 Å². The van der Waals surface area contributed by atoms with Crippen LogP contribution in [0.1, 0.15) is 28.8 Å². The Labute approximate surface area is 189 Å². The smallest absolute Gasteiger partial charge is 0.256 e. The molecule has 10 heteroatoms. The molecule has 2 aromatic rings. The number of hydrogen-bond donors (Lipinski definition) is 4. The van der Waals surface area contributed by atoms with E-state index in [2.05, 4.69) is 10.6 Å². The van der Waals surface area contributed by atoms with Gasteiger partial charge in [0.05, 0.1) is 31.0 Å². The lowest BCUT2D eigenvalue weighted by atomic mass is 10.1. The molecule has 3 rings (SSSR count). The van der Waals surface area contributed by atoms with E-state index in [0.717, 1.165) is 12.8 Å². The highest BCUT2D eigenvalue weighted by molar-refractivity contribution is 6.34. The van der Waals surface area contributed by atoms with E-state index in [-0.39, 0.29) is 34.3 Å². The van der Waals surface area contributed by atoms with E-state index in [1.165, 1.54) is 31.4 Å². The number of carbonyl (C=O) groups is 2. The number of nitrogens with two attached hydrogens (primary N) is 1. The maximum absolute atomic E-state index is 13.9. The second-order valence-electron chi connectivity index (χ2n) is 7.48. The predicted molar refractivity (Wildman–Crippen MR) is 117 cm³/mol. The van der Waals surface area contributed by atoms with Crippen molar-refractivity contribution in [1.82, 2.24) is 5.32 Å². The molecular formula is C22H25ClFN3O5. The quantitative estimate of drug-likeness (QED) is 0.427. The fraction of sp³-hybridized carbons (Fsp3) is 0.364. The summed E-state index contributed by atoms with van der Waals surface area (Å²) in [6.45, 7) is -0.146. The molecule has 1 atom stereocenters.